The Bertz CT molecular complexity index is 1170. The third-order valence-corrected chi connectivity index (χ3v) is 6.20. The Kier molecular flexibility index (Phi) is 8.88. The summed E-state index contributed by atoms with van der Waals surface area (Å²) in [6, 6.07) is 7.25. The molecule has 0 aliphatic carbocycles. The van der Waals surface area contributed by atoms with Crippen molar-refractivity contribution >= 4 is 17.4 Å². The minimum atomic E-state index is -0.885. The smallest absolute Gasteiger partial charge is 0.295 e. The molecule has 10 nitrogen and oxygen atoms in total. The van der Waals surface area contributed by atoms with Gasteiger partial charge in [0, 0.05) is 12.1 Å². The fourth-order valence-electron chi connectivity index (χ4n) is 4.41. The first kappa shape index (κ1) is 27.7. The molecule has 3 rings (SSSR count). The molecule has 0 unspecified atom stereocenters. The Labute approximate surface area is 216 Å². The van der Waals surface area contributed by atoms with E-state index in [0.717, 1.165) is 0 Å². The molecular formula is C27H34N2O8. The fourth-order valence-corrected chi connectivity index (χ4v) is 4.41. The number of likely N-dealkylation sites (tertiary alicyclic amines) is 1. The Balaban J connectivity index is 2.24. The number of carbonyl (C=O) groups excluding carboxylic acids is 2. The van der Waals surface area contributed by atoms with E-state index in [1.54, 1.807) is 30.3 Å². The van der Waals surface area contributed by atoms with Gasteiger partial charge in [0.1, 0.15) is 5.76 Å². The summed E-state index contributed by atoms with van der Waals surface area (Å²) in [5.41, 5.74) is 0.790. The van der Waals surface area contributed by atoms with Gasteiger partial charge >= 0.3 is 0 Å². The molecular weight excluding hydrogens is 480 g/mol. The second-order valence-electron chi connectivity index (χ2n) is 8.68. The minimum absolute atomic E-state index is 0.0451. The maximum atomic E-state index is 13.4. The van der Waals surface area contributed by atoms with Crippen molar-refractivity contribution in [3.05, 3.63) is 47.0 Å². The topological polar surface area (TPSA) is 107 Å². The van der Waals surface area contributed by atoms with Gasteiger partial charge in [-0.15, -0.1) is 0 Å². The number of Topliss-reactive ketones (excluding diaryl/α,β-unsaturated/α-hetero) is 1. The molecule has 200 valence electrons. The number of benzene rings is 2. The summed E-state index contributed by atoms with van der Waals surface area (Å²) in [7, 11) is 11.3. The van der Waals surface area contributed by atoms with E-state index in [4.69, 9.17) is 23.7 Å². The molecule has 0 saturated carbocycles. The van der Waals surface area contributed by atoms with E-state index in [-0.39, 0.29) is 11.3 Å². The van der Waals surface area contributed by atoms with Crippen LogP contribution in [-0.2, 0) is 9.59 Å². The standard InChI is InChI=1S/C27H34N2O8/c1-28(2)11-8-12-29-23(17-14-20(35-5)26(37-7)21(15-17)36-6)22(25(31)27(29)32)24(30)16-9-10-18(33-3)19(13-16)34-4/h9-10,13-15,23,30H,8,11-12H2,1-7H3/b24-22+/t23-/m0/s1. The van der Waals surface area contributed by atoms with Crippen molar-refractivity contribution in [3.63, 3.8) is 0 Å². The number of hydrogen-bond acceptors (Lipinski definition) is 9. The van der Waals surface area contributed by atoms with Crippen LogP contribution in [0.1, 0.15) is 23.6 Å². The van der Waals surface area contributed by atoms with E-state index < -0.39 is 17.7 Å². The maximum Gasteiger partial charge on any atom is 0.295 e. The summed E-state index contributed by atoms with van der Waals surface area (Å²) >= 11 is 0. The van der Waals surface area contributed by atoms with Crippen LogP contribution in [0.2, 0.25) is 0 Å². The molecule has 1 atom stereocenters. The molecule has 0 spiro atoms. The number of ketones is 1. The molecule has 10 heteroatoms. The lowest BCUT2D eigenvalue weighted by molar-refractivity contribution is -0.139. The fraction of sp³-hybridized carbons (Fsp3) is 0.407. The molecule has 1 saturated heterocycles. The summed E-state index contributed by atoms with van der Waals surface area (Å²) in [6.45, 7) is 1.01. The highest BCUT2D eigenvalue weighted by molar-refractivity contribution is 6.46. The number of amides is 1. The van der Waals surface area contributed by atoms with E-state index in [1.807, 2.05) is 19.0 Å². The second kappa shape index (κ2) is 11.9. The SMILES string of the molecule is COc1ccc(/C(O)=C2\C(=O)C(=O)N(CCCN(C)C)[C@H]2c2cc(OC)c(OC)c(OC)c2)cc1OC. The highest BCUT2D eigenvalue weighted by Crippen LogP contribution is 2.46. The lowest BCUT2D eigenvalue weighted by Gasteiger charge is -2.27. The van der Waals surface area contributed by atoms with Crippen LogP contribution in [0.3, 0.4) is 0 Å². The van der Waals surface area contributed by atoms with Gasteiger partial charge in [-0.1, -0.05) is 0 Å². The van der Waals surface area contributed by atoms with Crippen LogP contribution in [0.5, 0.6) is 28.7 Å². The van der Waals surface area contributed by atoms with Gasteiger partial charge in [0.2, 0.25) is 5.75 Å². The Morgan fingerprint density at radius 2 is 1.46 bits per heavy atom. The summed E-state index contributed by atoms with van der Waals surface area (Å²) in [5, 5.41) is 11.4. The zero-order valence-electron chi connectivity index (χ0n) is 22.3. The molecule has 37 heavy (non-hydrogen) atoms. The first-order valence-corrected chi connectivity index (χ1v) is 11.7. The number of carbonyl (C=O) groups is 2. The average molecular weight is 515 g/mol. The number of nitrogens with zero attached hydrogens (tertiary/aromatic N) is 2. The maximum absolute atomic E-state index is 13.4. The number of aliphatic hydroxyl groups excluding tert-OH is 1. The van der Waals surface area contributed by atoms with E-state index in [0.29, 0.717) is 59.4 Å². The molecule has 0 radical (unpaired) electrons. The first-order chi connectivity index (χ1) is 17.7. The number of ether oxygens (including phenoxy) is 5. The monoisotopic (exact) mass is 514 g/mol. The molecule has 1 amide bonds. The first-order valence-electron chi connectivity index (χ1n) is 11.7. The van der Waals surface area contributed by atoms with Crippen LogP contribution in [0.25, 0.3) is 5.76 Å². The van der Waals surface area contributed by atoms with Crippen molar-refractivity contribution in [2.45, 2.75) is 12.5 Å². The van der Waals surface area contributed by atoms with Crippen LogP contribution < -0.4 is 23.7 Å². The largest absolute Gasteiger partial charge is 0.507 e. The number of hydrogen-bond donors (Lipinski definition) is 1. The van der Waals surface area contributed by atoms with Crippen LogP contribution in [0.15, 0.2) is 35.9 Å². The van der Waals surface area contributed by atoms with Crippen molar-refractivity contribution < 1.29 is 38.4 Å². The number of rotatable bonds is 11. The lowest BCUT2D eigenvalue weighted by atomic mass is 9.94. The average Bonchev–Trinajstić information content (AvgIpc) is 3.16. The lowest BCUT2D eigenvalue weighted by Crippen LogP contribution is -2.32. The predicted octanol–water partition coefficient (Wildman–Crippen LogP) is 3.10. The Hall–Kier alpha value is -3.92. The van der Waals surface area contributed by atoms with Gasteiger partial charge in [-0.2, -0.15) is 0 Å². The van der Waals surface area contributed by atoms with Gasteiger partial charge < -0.3 is 38.6 Å². The zero-order valence-corrected chi connectivity index (χ0v) is 22.3. The molecule has 1 aliphatic heterocycles. The quantitative estimate of drug-likeness (QED) is 0.275. The predicted molar refractivity (Wildman–Crippen MR) is 138 cm³/mol. The Morgan fingerprint density at radius 3 is 1.97 bits per heavy atom. The molecule has 2 aromatic carbocycles. The van der Waals surface area contributed by atoms with Crippen LogP contribution in [0.4, 0.5) is 0 Å². The van der Waals surface area contributed by atoms with Gasteiger partial charge in [-0.05, 0) is 63.0 Å². The van der Waals surface area contributed by atoms with Crippen molar-refractivity contribution in [2.75, 3.05) is 62.7 Å². The highest BCUT2D eigenvalue weighted by Gasteiger charge is 2.46. The summed E-state index contributed by atoms with van der Waals surface area (Å²) in [4.78, 5) is 30.1. The Morgan fingerprint density at radius 1 is 0.865 bits per heavy atom. The van der Waals surface area contributed by atoms with E-state index >= 15 is 0 Å². The van der Waals surface area contributed by atoms with Crippen molar-refractivity contribution in [3.8, 4) is 28.7 Å². The molecule has 2 aromatic rings. The molecule has 1 N–H and O–H groups in total. The number of aliphatic hydroxyl groups is 1. The van der Waals surface area contributed by atoms with Crippen LogP contribution in [0, 0.1) is 0 Å². The summed E-state index contributed by atoms with van der Waals surface area (Å²) < 4.78 is 27.1. The van der Waals surface area contributed by atoms with E-state index in [9.17, 15) is 14.7 Å². The van der Waals surface area contributed by atoms with Gasteiger partial charge in [-0.3, -0.25) is 9.59 Å². The molecule has 1 aliphatic rings. The van der Waals surface area contributed by atoms with Gasteiger partial charge in [0.15, 0.2) is 23.0 Å². The minimum Gasteiger partial charge on any atom is -0.507 e. The van der Waals surface area contributed by atoms with E-state index in [2.05, 4.69) is 0 Å². The third kappa shape index (κ3) is 5.43. The molecule has 1 heterocycles. The van der Waals surface area contributed by atoms with Crippen molar-refractivity contribution in [2.24, 2.45) is 0 Å². The van der Waals surface area contributed by atoms with Crippen LogP contribution in [-0.4, -0.2) is 89.3 Å². The van der Waals surface area contributed by atoms with Gasteiger partial charge in [0.05, 0.1) is 47.2 Å². The van der Waals surface area contributed by atoms with Crippen molar-refractivity contribution in [1.29, 1.82) is 0 Å². The summed E-state index contributed by atoms with van der Waals surface area (Å²) in [5.74, 6) is 0.131. The van der Waals surface area contributed by atoms with Crippen LogP contribution >= 0.6 is 0 Å². The molecule has 0 aromatic heterocycles. The highest BCUT2D eigenvalue weighted by atomic mass is 16.5. The molecule has 0 bridgehead atoms. The third-order valence-electron chi connectivity index (χ3n) is 6.20. The van der Waals surface area contributed by atoms with E-state index in [1.165, 1.54) is 40.4 Å². The zero-order chi connectivity index (χ0) is 27.3. The normalized spacial score (nSPS) is 16.8. The van der Waals surface area contributed by atoms with Gasteiger partial charge in [-0.25, -0.2) is 0 Å². The van der Waals surface area contributed by atoms with Crippen molar-refractivity contribution in [1.82, 2.24) is 9.80 Å². The molecule has 1 fully saturated rings. The summed E-state index contributed by atoms with van der Waals surface area (Å²) in [6.07, 6.45) is 0.622. The second-order valence-corrected chi connectivity index (χ2v) is 8.68. The number of methoxy groups -OCH3 is 5. The van der Waals surface area contributed by atoms with Gasteiger partial charge in [0.25, 0.3) is 11.7 Å².